The Morgan fingerprint density at radius 3 is 2.83 bits per heavy atom. The van der Waals surface area contributed by atoms with Gasteiger partial charge < -0.3 is 19.9 Å². The smallest absolute Gasteiger partial charge is 0.242 e. The van der Waals surface area contributed by atoms with E-state index in [-0.39, 0.29) is 36.4 Å². The lowest BCUT2D eigenvalue weighted by Gasteiger charge is -2.36. The number of aliphatic hydroxyl groups excluding tert-OH is 1. The molecule has 0 unspecified atom stereocenters. The lowest BCUT2D eigenvalue weighted by Crippen LogP contribution is -2.56. The predicted octanol–water partition coefficient (Wildman–Crippen LogP) is 0.942. The lowest BCUT2D eigenvalue weighted by atomic mass is 10.1. The Balaban J connectivity index is 1.49. The molecule has 2 aromatic rings. The van der Waals surface area contributed by atoms with Gasteiger partial charge in [0, 0.05) is 32.1 Å². The van der Waals surface area contributed by atoms with Gasteiger partial charge in [0.05, 0.1) is 29.7 Å². The standard InChI is InChI=1S/C22H31N5O3/c1-14(2)22-24-15-6-4-5-7-16(15)27(22)13-20(29)25(3)17-8-9-18(21(17)30)26-11-10-23-19(28)12-26/h4-7,14,17-18,21,30H,8-13H2,1-3H3,(H,23,28)/t17-,18-,21-/m1/s1. The summed E-state index contributed by atoms with van der Waals surface area (Å²) in [4.78, 5) is 33.4. The number of carbonyl (C=O) groups excluding carboxylic acids is 2. The Hall–Kier alpha value is -2.45. The number of hydrogen-bond acceptors (Lipinski definition) is 5. The second-order valence-electron chi connectivity index (χ2n) is 8.73. The zero-order chi connectivity index (χ0) is 21.4. The Bertz CT molecular complexity index is 940. The number of para-hydroxylation sites is 2. The summed E-state index contributed by atoms with van der Waals surface area (Å²) in [5.74, 6) is 1.04. The first kappa shape index (κ1) is 20.8. The number of hydrogen-bond donors (Lipinski definition) is 2. The molecule has 0 radical (unpaired) electrons. The molecule has 1 saturated carbocycles. The third kappa shape index (κ3) is 3.81. The first-order valence-electron chi connectivity index (χ1n) is 10.8. The molecule has 162 valence electrons. The molecule has 4 rings (SSSR count). The third-order valence-corrected chi connectivity index (χ3v) is 6.47. The minimum Gasteiger partial charge on any atom is -0.389 e. The molecule has 1 aliphatic carbocycles. The fourth-order valence-corrected chi connectivity index (χ4v) is 4.84. The number of nitrogens with one attached hydrogen (secondary N) is 1. The maximum Gasteiger partial charge on any atom is 0.242 e. The third-order valence-electron chi connectivity index (χ3n) is 6.47. The molecular formula is C22H31N5O3. The summed E-state index contributed by atoms with van der Waals surface area (Å²) in [6.45, 7) is 6.00. The van der Waals surface area contributed by atoms with Crippen LogP contribution in [0.25, 0.3) is 11.0 Å². The average molecular weight is 414 g/mol. The molecule has 1 aliphatic heterocycles. The van der Waals surface area contributed by atoms with Crippen molar-refractivity contribution in [2.45, 2.75) is 57.3 Å². The molecule has 1 aromatic heterocycles. The van der Waals surface area contributed by atoms with Crippen LogP contribution in [0.15, 0.2) is 24.3 Å². The highest BCUT2D eigenvalue weighted by molar-refractivity contribution is 5.81. The van der Waals surface area contributed by atoms with Crippen molar-refractivity contribution in [3.8, 4) is 0 Å². The van der Waals surface area contributed by atoms with Crippen LogP contribution in [0.4, 0.5) is 0 Å². The van der Waals surface area contributed by atoms with Crippen molar-refractivity contribution in [2.75, 3.05) is 26.7 Å². The Morgan fingerprint density at radius 1 is 1.33 bits per heavy atom. The van der Waals surface area contributed by atoms with E-state index in [1.807, 2.05) is 33.7 Å². The molecule has 8 nitrogen and oxygen atoms in total. The van der Waals surface area contributed by atoms with Crippen molar-refractivity contribution in [1.29, 1.82) is 0 Å². The molecule has 2 heterocycles. The van der Waals surface area contributed by atoms with Gasteiger partial charge in [-0.05, 0) is 25.0 Å². The number of likely N-dealkylation sites (N-methyl/N-ethyl adjacent to an activating group) is 1. The average Bonchev–Trinajstić information content (AvgIpc) is 3.28. The summed E-state index contributed by atoms with van der Waals surface area (Å²) in [5, 5.41) is 13.8. The van der Waals surface area contributed by atoms with E-state index in [2.05, 4.69) is 19.2 Å². The number of piperazine rings is 1. The molecule has 30 heavy (non-hydrogen) atoms. The van der Waals surface area contributed by atoms with Crippen LogP contribution in [0, 0.1) is 0 Å². The van der Waals surface area contributed by atoms with Gasteiger partial charge in [0.1, 0.15) is 12.4 Å². The van der Waals surface area contributed by atoms with E-state index in [0.717, 1.165) is 36.2 Å². The minimum atomic E-state index is -0.658. The molecule has 0 bridgehead atoms. The molecule has 3 atom stereocenters. The summed E-state index contributed by atoms with van der Waals surface area (Å²) < 4.78 is 1.99. The summed E-state index contributed by atoms with van der Waals surface area (Å²) in [5.41, 5.74) is 1.84. The van der Waals surface area contributed by atoms with E-state index in [1.54, 1.807) is 11.9 Å². The van der Waals surface area contributed by atoms with Crippen LogP contribution in [-0.4, -0.2) is 81.1 Å². The van der Waals surface area contributed by atoms with Gasteiger partial charge in [-0.25, -0.2) is 4.98 Å². The quantitative estimate of drug-likeness (QED) is 0.762. The molecule has 2 N–H and O–H groups in total. The Morgan fingerprint density at radius 2 is 2.10 bits per heavy atom. The van der Waals surface area contributed by atoms with E-state index < -0.39 is 6.10 Å². The van der Waals surface area contributed by atoms with Crippen LogP contribution in [0.1, 0.15) is 38.4 Å². The monoisotopic (exact) mass is 413 g/mol. The zero-order valence-electron chi connectivity index (χ0n) is 17.9. The molecular weight excluding hydrogens is 382 g/mol. The van der Waals surface area contributed by atoms with E-state index >= 15 is 0 Å². The molecule has 1 saturated heterocycles. The highest BCUT2D eigenvalue weighted by atomic mass is 16.3. The van der Waals surface area contributed by atoms with Gasteiger partial charge in [-0.2, -0.15) is 0 Å². The molecule has 0 spiro atoms. The summed E-state index contributed by atoms with van der Waals surface area (Å²) in [7, 11) is 1.77. The van der Waals surface area contributed by atoms with Crippen LogP contribution < -0.4 is 5.32 Å². The van der Waals surface area contributed by atoms with Crippen molar-refractivity contribution >= 4 is 22.8 Å². The van der Waals surface area contributed by atoms with E-state index in [4.69, 9.17) is 4.98 Å². The van der Waals surface area contributed by atoms with E-state index in [0.29, 0.717) is 13.1 Å². The van der Waals surface area contributed by atoms with Crippen molar-refractivity contribution in [3.05, 3.63) is 30.1 Å². The van der Waals surface area contributed by atoms with E-state index in [1.165, 1.54) is 0 Å². The molecule has 2 aliphatic rings. The lowest BCUT2D eigenvalue weighted by molar-refractivity contribution is -0.135. The van der Waals surface area contributed by atoms with Crippen molar-refractivity contribution < 1.29 is 14.7 Å². The zero-order valence-corrected chi connectivity index (χ0v) is 17.9. The first-order valence-corrected chi connectivity index (χ1v) is 10.8. The predicted molar refractivity (Wildman–Crippen MR) is 114 cm³/mol. The van der Waals surface area contributed by atoms with Crippen LogP contribution in [0.5, 0.6) is 0 Å². The molecule has 2 fully saturated rings. The first-order chi connectivity index (χ1) is 14.4. The van der Waals surface area contributed by atoms with Gasteiger partial charge in [0.2, 0.25) is 11.8 Å². The summed E-state index contributed by atoms with van der Waals surface area (Å²) >= 11 is 0. The minimum absolute atomic E-state index is 0.00506. The van der Waals surface area contributed by atoms with Gasteiger partial charge in [-0.1, -0.05) is 26.0 Å². The largest absolute Gasteiger partial charge is 0.389 e. The fraction of sp³-hybridized carbons (Fsp3) is 0.591. The number of fused-ring (bicyclic) bond motifs is 1. The fourth-order valence-electron chi connectivity index (χ4n) is 4.84. The molecule has 2 amide bonds. The van der Waals surface area contributed by atoms with Crippen LogP contribution >= 0.6 is 0 Å². The number of imidazole rings is 1. The van der Waals surface area contributed by atoms with Crippen molar-refractivity contribution in [2.24, 2.45) is 0 Å². The van der Waals surface area contributed by atoms with Crippen LogP contribution in [0.2, 0.25) is 0 Å². The number of aromatic nitrogens is 2. The van der Waals surface area contributed by atoms with Crippen LogP contribution in [-0.2, 0) is 16.1 Å². The van der Waals surface area contributed by atoms with Gasteiger partial charge in [0.25, 0.3) is 0 Å². The molecule has 8 heteroatoms. The highest BCUT2D eigenvalue weighted by Gasteiger charge is 2.42. The SMILES string of the molecule is CC(C)c1nc2ccccc2n1CC(=O)N(C)[C@@H]1CC[C@@H](N2CCNC(=O)C2)[C@@H]1O. The van der Waals surface area contributed by atoms with Crippen molar-refractivity contribution in [1.82, 2.24) is 24.7 Å². The van der Waals surface area contributed by atoms with E-state index in [9.17, 15) is 14.7 Å². The topological polar surface area (TPSA) is 90.7 Å². The normalized spacial score (nSPS) is 25.1. The van der Waals surface area contributed by atoms with Gasteiger partial charge in [-0.3, -0.25) is 14.5 Å². The Labute approximate surface area is 176 Å². The van der Waals surface area contributed by atoms with Crippen molar-refractivity contribution in [3.63, 3.8) is 0 Å². The number of rotatable bonds is 5. The van der Waals surface area contributed by atoms with Gasteiger partial charge >= 0.3 is 0 Å². The van der Waals surface area contributed by atoms with Crippen LogP contribution in [0.3, 0.4) is 0 Å². The molecule has 1 aromatic carbocycles. The summed E-state index contributed by atoms with van der Waals surface area (Å²) in [6, 6.07) is 7.53. The maximum absolute atomic E-state index is 13.2. The number of benzene rings is 1. The second kappa shape index (κ2) is 8.35. The number of aliphatic hydroxyl groups is 1. The summed E-state index contributed by atoms with van der Waals surface area (Å²) in [6.07, 6.45) is 0.851. The highest BCUT2D eigenvalue weighted by Crippen LogP contribution is 2.29. The number of nitrogens with zero attached hydrogens (tertiary/aromatic N) is 4. The maximum atomic E-state index is 13.2. The number of carbonyl (C=O) groups is 2. The second-order valence-corrected chi connectivity index (χ2v) is 8.73. The van der Waals surface area contributed by atoms with Gasteiger partial charge in [-0.15, -0.1) is 0 Å². The Kier molecular flexibility index (Phi) is 5.79. The number of amides is 2. The van der Waals surface area contributed by atoms with Gasteiger partial charge in [0.15, 0.2) is 0 Å².